The number of rotatable bonds is 8. The second-order valence-electron chi connectivity index (χ2n) is 7.82. The average molecular weight is 458 g/mol. The number of hydrogen-bond acceptors (Lipinski definition) is 6. The number of H-pyrrole nitrogens is 1. The summed E-state index contributed by atoms with van der Waals surface area (Å²) in [5.41, 5.74) is 2.39. The maximum absolute atomic E-state index is 12.9. The Labute approximate surface area is 192 Å². The molecule has 1 aliphatic rings. The van der Waals surface area contributed by atoms with Crippen molar-refractivity contribution in [2.45, 2.75) is 18.6 Å². The number of methoxy groups -OCH3 is 2. The van der Waals surface area contributed by atoms with Gasteiger partial charge in [-0.05, 0) is 36.8 Å². The van der Waals surface area contributed by atoms with Crippen molar-refractivity contribution in [2.24, 2.45) is 0 Å². The number of para-hydroxylation sites is 2. The number of carbonyl (C=O) groups excluding carboxylic acids is 1. The van der Waals surface area contributed by atoms with Gasteiger partial charge in [0.15, 0.2) is 0 Å². The first-order valence-electron chi connectivity index (χ1n) is 10.7. The Balaban J connectivity index is 1.30. The van der Waals surface area contributed by atoms with E-state index in [1.165, 1.54) is 7.11 Å². The Morgan fingerprint density at radius 1 is 1.28 bits per heavy atom. The van der Waals surface area contributed by atoms with E-state index in [1.54, 1.807) is 25.3 Å². The summed E-state index contributed by atoms with van der Waals surface area (Å²) in [5, 5.41) is 6.94. The molecule has 1 amide bonds. The van der Waals surface area contributed by atoms with Crippen LogP contribution in [-0.4, -0.2) is 73.3 Å². The molecule has 2 aromatic carbocycles. The van der Waals surface area contributed by atoms with E-state index in [1.807, 2.05) is 24.3 Å². The molecule has 2 unspecified atom stereocenters. The maximum atomic E-state index is 12.9. The third-order valence-electron chi connectivity index (χ3n) is 5.78. The fourth-order valence-electron chi connectivity index (χ4n) is 4.06. The molecule has 0 spiro atoms. The molecule has 2 heterocycles. The van der Waals surface area contributed by atoms with Crippen LogP contribution in [0.2, 0.25) is 5.02 Å². The summed E-state index contributed by atoms with van der Waals surface area (Å²) >= 11 is 6.07. The number of piperidine rings is 1. The molecule has 3 aromatic rings. The third-order valence-corrected chi connectivity index (χ3v) is 6.01. The highest BCUT2D eigenvalue weighted by Gasteiger charge is 2.31. The number of imidazole rings is 1. The van der Waals surface area contributed by atoms with Gasteiger partial charge in [-0.2, -0.15) is 0 Å². The average Bonchev–Trinajstić information content (AvgIpc) is 3.22. The van der Waals surface area contributed by atoms with Gasteiger partial charge in [0, 0.05) is 38.3 Å². The fourth-order valence-corrected chi connectivity index (χ4v) is 4.23. The number of nitrogens with one attached hydrogen (secondary N) is 3. The Kier molecular flexibility index (Phi) is 7.14. The van der Waals surface area contributed by atoms with Gasteiger partial charge in [-0.1, -0.05) is 23.7 Å². The number of halogens is 1. The second-order valence-corrected chi connectivity index (χ2v) is 8.25. The Hall–Kier alpha value is -2.81. The van der Waals surface area contributed by atoms with Crippen molar-refractivity contribution in [3.8, 4) is 5.75 Å². The minimum atomic E-state index is -0.212. The van der Waals surface area contributed by atoms with Gasteiger partial charge in [0.1, 0.15) is 5.75 Å². The number of fused-ring (bicyclic) bond motifs is 1. The highest BCUT2D eigenvalue weighted by atomic mass is 35.5. The number of likely N-dealkylation sites (tertiary alicyclic amines) is 1. The standard InChI is InChI=1S/C23H28ClN5O3/c1-31-20-8-7-15(24)13-16(20)22(30)26-19-9-11-29(14-21(19)32-2)12-10-25-23-27-17-5-3-4-6-18(17)28-23/h3-8,13,19,21H,9-12,14H2,1-2H3,(H,26,30)(H2,25,27,28). The molecule has 4 rings (SSSR count). The SMILES string of the molecule is COc1ccc(Cl)cc1C(=O)NC1CCN(CCNc2nc3ccccc3[nH]2)CC1OC. The number of aromatic nitrogens is 2. The first-order valence-corrected chi connectivity index (χ1v) is 11.0. The van der Waals surface area contributed by atoms with Gasteiger partial charge in [-0.25, -0.2) is 4.98 Å². The molecule has 9 heteroatoms. The minimum Gasteiger partial charge on any atom is -0.496 e. The molecule has 0 bridgehead atoms. The molecule has 1 aromatic heterocycles. The minimum absolute atomic E-state index is 0.0873. The van der Waals surface area contributed by atoms with E-state index in [-0.39, 0.29) is 18.1 Å². The zero-order valence-corrected chi connectivity index (χ0v) is 19.0. The number of amides is 1. The zero-order chi connectivity index (χ0) is 22.5. The number of ether oxygens (including phenoxy) is 2. The van der Waals surface area contributed by atoms with Gasteiger partial charge in [-0.15, -0.1) is 0 Å². The Bertz CT molecular complexity index is 1040. The predicted octanol–water partition coefficient (Wildman–Crippen LogP) is 3.16. The van der Waals surface area contributed by atoms with E-state index >= 15 is 0 Å². The highest BCUT2D eigenvalue weighted by Crippen LogP contribution is 2.23. The van der Waals surface area contributed by atoms with Crippen LogP contribution in [-0.2, 0) is 4.74 Å². The van der Waals surface area contributed by atoms with E-state index in [0.717, 1.165) is 49.6 Å². The zero-order valence-electron chi connectivity index (χ0n) is 18.2. The van der Waals surface area contributed by atoms with Crippen molar-refractivity contribution in [3.05, 3.63) is 53.1 Å². The normalized spacial score (nSPS) is 19.1. The lowest BCUT2D eigenvalue weighted by Gasteiger charge is -2.38. The van der Waals surface area contributed by atoms with Crippen molar-refractivity contribution in [2.75, 3.05) is 45.7 Å². The monoisotopic (exact) mass is 457 g/mol. The van der Waals surface area contributed by atoms with Gasteiger partial charge in [0.2, 0.25) is 5.95 Å². The van der Waals surface area contributed by atoms with Crippen molar-refractivity contribution in [1.29, 1.82) is 0 Å². The number of nitrogens with zero attached hydrogens (tertiary/aromatic N) is 2. The summed E-state index contributed by atoms with van der Waals surface area (Å²) in [6, 6.07) is 12.9. The highest BCUT2D eigenvalue weighted by molar-refractivity contribution is 6.31. The van der Waals surface area contributed by atoms with Crippen LogP contribution in [0.1, 0.15) is 16.8 Å². The molecule has 3 N–H and O–H groups in total. The van der Waals surface area contributed by atoms with Crippen LogP contribution in [0.3, 0.4) is 0 Å². The molecule has 32 heavy (non-hydrogen) atoms. The first-order chi connectivity index (χ1) is 15.6. The topological polar surface area (TPSA) is 91.5 Å². The first kappa shape index (κ1) is 22.4. The second kappa shape index (κ2) is 10.2. The number of carbonyl (C=O) groups is 1. The number of hydrogen-bond donors (Lipinski definition) is 3. The summed E-state index contributed by atoms with van der Waals surface area (Å²) in [7, 11) is 3.22. The summed E-state index contributed by atoms with van der Waals surface area (Å²) in [5.74, 6) is 1.05. The van der Waals surface area contributed by atoms with Gasteiger partial charge in [0.25, 0.3) is 5.91 Å². The van der Waals surface area contributed by atoms with Crippen LogP contribution in [0.15, 0.2) is 42.5 Å². The molecule has 1 saturated heterocycles. The predicted molar refractivity (Wildman–Crippen MR) is 126 cm³/mol. The smallest absolute Gasteiger partial charge is 0.255 e. The molecule has 170 valence electrons. The van der Waals surface area contributed by atoms with E-state index < -0.39 is 0 Å². The van der Waals surface area contributed by atoms with E-state index in [0.29, 0.717) is 16.3 Å². The van der Waals surface area contributed by atoms with Crippen molar-refractivity contribution in [3.63, 3.8) is 0 Å². The van der Waals surface area contributed by atoms with E-state index in [4.69, 9.17) is 21.1 Å². The molecule has 8 nitrogen and oxygen atoms in total. The summed E-state index contributed by atoms with van der Waals surface area (Å²) in [6.45, 7) is 3.20. The molecule has 0 saturated carbocycles. The maximum Gasteiger partial charge on any atom is 0.255 e. The van der Waals surface area contributed by atoms with Gasteiger partial charge in [-0.3, -0.25) is 9.69 Å². The molecule has 0 aliphatic carbocycles. The molecule has 1 fully saturated rings. The van der Waals surface area contributed by atoms with Crippen LogP contribution < -0.4 is 15.4 Å². The van der Waals surface area contributed by atoms with Gasteiger partial charge in [0.05, 0.1) is 35.9 Å². The lowest BCUT2D eigenvalue weighted by atomic mass is 10.0. The van der Waals surface area contributed by atoms with Gasteiger partial charge >= 0.3 is 0 Å². The lowest BCUT2D eigenvalue weighted by Crippen LogP contribution is -2.55. The third kappa shape index (κ3) is 5.15. The van der Waals surface area contributed by atoms with E-state index in [2.05, 4.69) is 25.5 Å². The number of anilines is 1. The molecule has 0 radical (unpaired) electrons. The molecular weight excluding hydrogens is 430 g/mol. The Morgan fingerprint density at radius 3 is 2.91 bits per heavy atom. The summed E-state index contributed by atoms with van der Waals surface area (Å²) in [4.78, 5) is 23.0. The molecular formula is C23H28ClN5O3. The van der Waals surface area contributed by atoms with Crippen LogP contribution in [0.25, 0.3) is 11.0 Å². The van der Waals surface area contributed by atoms with Crippen molar-refractivity contribution >= 4 is 34.5 Å². The van der Waals surface area contributed by atoms with E-state index in [9.17, 15) is 4.79 Å². The quantitative estimate of drug-likeness (QED) is 0.481. The molecule has 2 atom stereocenters. The van der Waals surface area contributed by atoms with Crippen LogP contribution in [0.5, 0.6) is 5.75 Å². The van der Waals surface area contributed by atoms with Gasteiger partial charge < -0.3 is 25.1 Å². The van der Waals surface area contributed by atoms with Crippen LogP contribution in [0, 0.1) is 0 Å². The number of aromatic amines is 1. The Morgan fingerprint density at radius 2 is 2.12 bits per heavy atom. The largest absolute Gasteiger partial charge is 0.496 e. The van der Waals surface area contributed by atoms with Crippen molar-refractivity contribution in [1.82, 2.24) is 20.2 Å². The molecule has 1 aliphatic heterocycles. The lowest BCUT2D eigenvalue weighted by molar-refractivity contribution is 0.00762. The summed E-state index contributed by atoms with van der Waals surface area (Å²) < 4.78 is 11.0. The number of benzene rings is 2. The van der Waals surface area contributed by atoms with Crippen LogP contribution in [0.4, 0.5) is 5.95 Å². The van der Waals surface area contributed by atoms with Crippen LogP contribution >= 0.6 is 11.6 Å². The van der Waals surface area contributed by atoms with Crippen molar-refractivity contribution < 1.29 is 14.3 Å². The summed E-state index contributed by atoms with van der Waals surface area (Å²) in [6.07, 6.45) is 0.682. The fraction of sp³-hybridized carbons (Fsp3) is 0.391.